The molecule has 1 aromatic carbocycles. The maximum Gasteiger partial charge on any atom is 0.244 e. The lowest BCUT2D eigenvalue weighted by Crippen LogP contribution is -2.25. The van der Waals surface area contributed by atoms with Crippen molar-refractivity contribution in [1.82, 2.24) is 5.32 Å². The van der Waals surface area contributed by atoms with Gasteiger partial charge >= 0.3 is 0 Å². The Bertz CT molecular complexity index is 758. The lowest BCUT2D eigenvalue weighted by Gasteiger charge is -2.11. The summed E-state index contributed by atoms with van der Waals surface area (Å²) in [4.78, 5) is 12.0. The number of furan rings is 1. The first-order valence-corrected chi connectivity index (χ1v) is 8.09. The molecule has 0 radical (unpaired) electrons. The number of carbonyl (C=O) groups excluding carboxylic acids is 1. The molecule has 1 N–H and O–H groups in total. The molecule has 1 aromatic heterocycles. The van der Waals surface area contributed by atoms with Gasteiger partial charge in [-0.3, -0.25) is 4.79 Å². The van der Waals surface area contributed by atoms with Crippen molar-refractivity contribution >= 4 is 22.4 Å². The average molecular weight is 331 g/mol. The lowest BCUT2D eigenvalue weighted by molar-refractivity contribution is -0.116. The van der Waals surface area contributed by atoms with Crippen molar-refractivity contribution in [3.63, 3.8) is 0 Å². The number of amides is 1. The minimum absolute atomic E-state index is 0.146. The minimum atomic E-state index is -0.146. The van der Waals surface area contributed by atoms with Crippen LogP contribution < -0.4 is 10.1 Å². The molecule has 0 fully saturated rings. The second-order valence-electron chi connectivity index (χ2n) is 5.67. The van der Waals surface area contributed by atoms with Crippen LogP contribution in [0.15, 0.2) is 22.6 Å². The van der Waals surface area contributed by atoms with Crippen LogP contribution in [0.5, 0.6) is 5.75 Å². The van der Waals surface area contributed by atoms with Crippen LogP contribution in [-0.4, -0.2) is 32.8 Å². The van der Waals surface area contributed by atoms with Gasteiger partial charge in [-0.15, -0.1) is 0 Å². The molecule has 2 rings (SSSR count). The van der Waals surface area contributed by atoms with Crippen LogP contribution in [0.25, 0.3) is 16.5 Å². The molecule has 0 saturated carbocycles. The molecule has 0 spiro atoms. The van der Waals surface area contributed by atoms with Gasteiger partial charge < -0.3 is 19.2 Å². The summed E-state index contributed by atoms with van der Waals surface area (Å²) in [6.07, 6.45) is 1.58. The van der Waals surface area contributed by atoms with Crippen LogP contribution in [0.4, 0.5) is 0 Å². The summed E-state index contributed by atoms with van der Waals surface area (Å²) in [5, 5.41) is 3.83. The first-order valence-electron chi connectivity index (χ1n) is 8.09. The van der Waals surface area contributed by atoms with Crippen LogP contribution in [0.1, 0.15) is 30.7 Å². The van der Waals surface area contributed by atoms with Gasteiger partial charge in [-0.2, -0.15) is 0 Å². The molecule has 130 valence electrons. The summed E-state index contributed by atoms with van der Waals surface area (Å²) in [7, 11) is 1.60. The molecule has 0 aliphatic heterocycles. The third-order valence-electron chi connectivity index (χ3n) is 3.95. The predicted octanol–water partition coefficient (Wildman–Crippen LogP) is 3.61. The number of allylic oxidation sites excluding steroid dienone is 1. The molecule has 5 nitrogen and oxygen atoms in total. The molecule has 0 atom stereocenters. The van der Waals surface area contributed by atoms with Gasteiger partial charge in [0.15, 0.2) is 0 Å². The summed E-state index contributed by atoms with van der Waals surface area (Å²) in [5.41, 5.74) is 3.64. The zero-order valence-electron chi connectivity index (χ0n) is 15.0. The number of fused-ring (bicyclic) bond motifs is 1. The van der Waals surface area contributed by atoms with E-state index in [9.17, 15) is 4.79 Å². The molecule has 24 heavy (non-hydrogen) atoms. The highest BCUT2D eigenvalue weighted by molar-refractivity contribution is 5.97. The number of methoxy groups -OCH3 is 1. The van der Waals surface area contributed by atoms with Crippen molar-refractivity contribution in [1.29, 1.82) is 0 Å². The van der Waals surface area contributed by atoms with Crippen molar-refractivity contribution in [3.8, 4) is 5.75 Å². The molecule has 0 saturated heterocycles. The normalized spacial score (nSPS) is 11.8. The van der Waals surface area contributed by atoms with E-state index in [0.717, 1.165) is 39.2 Å². The largest absolute Gasteiger partial charge is 0.493 e. The number of benzene rings is 1. The fourth-order valence-corrected chi connectivity index (χ4v) is 2.55. The highest BCUT2D eigenvalue weighted by atomic mass is 16.5. The molecule has 1 heterocycles. The Morgan fingerprint density at radius 3 is 2.75 bits per heavy atom. The molecule has 0 aliphatic rings. The smallest absolute Gasteiger partial charge is 0.244 e. The van der Waals surface area contributed by atoms with Gasteiger partial charge in [-0.25, -0.2) is 0 Å². The number of nitrogens with one attached hydrogen (secondary N) is 1. The molecular formula is C19H25NO4. The van der Waals surface area contributed by atoms with Crippen molar-refractivity contribution in [2.24, 2.45) is 0 Å². The average Bonchev–Trinajstić information content (AvgIpc) is 2.81. The molecule has 2 aromatic rings. The quantitative estimate of drug-likeness (QED) is 0.622. The number of rotatable bonds is 7. The molecule has 5 heteroatoms. The van der Waals surface area contributed by atoms with Gasteiger partial charge in [0.05, 0.1) is 13.2 Å². The van der Waals surface area contributed by atoms with Crippen LogP contribution >= 0.6 is 0 Å². The van der Waals surface area contributed by atoms with E-state index in [-0.39, 0.29) is 5.91 Å². The second-order valence-corrected chi connectivity index (χ2v) is 5.67. The molecular weight excluding hydrogens is 306 g/mol. The zero-order valence-corrected chi connectivity index (χ0v) is 15.0. The molecule has 0 bridgehead atoms. The Kier molecular flexibility index (Phi) is 6.04. The van der Waals surface area contributed by atoms with E-state index in [1.165, 1.54) is 0 Å². The molecule has 0 unspecified atom stereocenters. The number of hydrogen-bond donors (Lipinski definition) is 1. The van der Waals surface area contributed by atoms with Crippen molar-refractivity contribution in [2.75, 3.05) is 26.9 Å². The van der Waals surface area contributed by atoms with E-state index < -0.39 is 0 Å². The monoisotopic (exact) mass is 331 g/mol. The first-order chi connectivity index (χ1) is 11.5. The van der Waals surface area contributed by atoms with Crippen LogP contribution in [0, 0.1) is 13.8 Å². The van der Waals surface area contributed by atoms with E-state index in [0.29, 0.717) is 19.8 Å². The number of aryl methyl sites for hydroxylation is 2. The second kappa shape index (κ2) is 8.02. The van der Waals surface area contributed by atoms with E-state index in [1.54, 1.807) is 13.2 Å². The Hall–Kier alpha value is -2.27. The standard InChI is InChI=1S/C19H25NO4/c1-6-23-17-11-18-16(13(3)14(4)24-18)10-15(17)12(2)9-19(21)20-7-8-22-5/h9-11H,6-8H2,1-5H3,(H,20,21)/b12-9+. The van der Waals surface area contributed by atoms with Crippen LogP contribution in [-0.2, 0) is 9.53 Å². The Balaban J connectivity index is 2.38. The zero-order chi connectivity index (χ0) is 17.7. The van der Waals surface area contributed by atoms with E-state index >= 15 is 0 Å². The first kappa shape index (κ1) is 18.1. The highest BCUT2D eigenvalue weighted by Gasteiger charge is 2.14. The fraction of sp³-hybridized carbons (Fsp3) is 0.421. The van der Waals surface area contributed by atoms with Gasteiger partial charge in [0, 0.05) is 36.7 Å². The lowest BCUT2D eigenvalue weighted by atomic mass is 10.0. The van der Waals surface area contributed by atoms with Gasteiger partial charge in [0.25, 0.3) is 0 Å². The topological polar surface area (TPSA) is 60.7 Å². The van der Waals surface area contributed by atoms with Crippen molar-refractivity contribution in [3.05, 3.63) is 35.1 Å². The van der Waals surface area contributed by atoms with Gasteiger partial charge in [0.2, 0.25) is 5.91 Å². The Morgan fingerprint density at radius 1 is 1.33 bits per heavy atom. The maximum absolute atomic E-state index is 12.0. The van der Waals surface area contributed by atoms with Crippen LogP contribution in [0.2, 0.25) is 0 Å². The third kappa shape index (κ3) is 3.97. The summed E-state index contributed by atoms with van der Waals surface area (Å²) in [6, 6.07) is 3.93. The Labute approximate surface area is 142 Å². The Morgan fingerprint density at radius 2 is 2.08 bits per heavy atom. The van der Waals surface area contributed by atoms with E-state index in [4.69, 9.17) is 13.9 Å². The number of hydrogen-bond acceptors (Lipinski definition) is 4. The summed E-state index contributed by atoms with van der Waals surface area (Å²) < 4.78 is 16.4. The molecule has 0 aliphatic carbocycles. The predicted molar refractivity (Wildman–Crippen MR) is 95.4 cm³/mol. The van der Waals surface area contributed by atoms with E-state index in [1.807, 2.05) is 39.8 Å². The maximum atomic E-state index is 12.0. The number of ether oxygens (including phenoxy) is 2. The van der Waals surface area contributed by atoms with Crippen molar-refractivity contribution in [2.45, 2.75) is 27.7 Å². The summed E-state index contributed by atoms with van der Waals surface area (Å²) in [6.45, 7) is 9.33. The van der Waals surface area contributed by atoms with Gasteiger partial charge in [-0.1, -0.05) is 0 Å². The van der Waals surface area contributed by atoms with E-state index in [2.05, 4.69) is 5.32 Å². The highest BCUT2D eigenvalue weighted by Crippen LogP contribution is 2.34. The number of carbonyl (C=O) groups is 1. The third-order valence-corrected chi connectivity index (χ3v) is 3.95. The molecule has 1 amide bonds. The SMILES string of the molecule is CCOc1cc2oc(C)c(C)c2cc1/C(C)=C/C(=O)NCCOC. The van der Waals surface area contributed by atoms with Gasteiger partial charge in [0.1, 0.15) is 17.1 Å². The van der Waals surface area contributed by atoms with Gasteiger partial charge in [-0.05, 0) is 44.9 Å². The van der Waals surface area contributed by atoms with Crippen molar-refractivity contribution < 1.29 is 18.7 Å². The summed E-state index contributed by atoms with van der Waals surface area (Å²) in [5.74, 6) is 1.47. The van der Waals surface area contributed by atoms with Crippen LogP contribution in [0.3, 0.4) is 0 Å². The fourth-order valence-electron chi connectivity index (χ4n) is 2.55. The minimum Gasteiger partial charge on any atom is -0.493 e. The summed E-state index contributed by atoms with van der Waals surface area (Å²) >= 11 is 0.